The number of hydrogen-bond donors (Lipinski definition) is 0. The second kappa shape index (κ2) is 5.07. The van der Waals surface area contributed by atoms with E-state index in [0.29, 0.717) is 11.7 Å². The third-order valence-electron chi connectivity index (χ3n) is 3.77. The van der Waals surface area contributed by atoms with Crippen LogP contribution < -0.4 is 5.46 Å². The van der Waals surface area contributed by atoms with Gasteiger partial charge in [0.25, 0.3) is 0 Å². The van der Waals surface area contributed by atoms with Gasteiger partial charge in [-0.15, -0.1) is 0 Å². The molecule has 2 heterocycles. The lowest BCUT2D eigenvalue weighted by Gasteiger charge is -2.30. The lowest BCUT2D eigenvalue weighted by atomic mass is 9.79. The van der Waals surface area contributed by atoms with Gasteiger partial charge in [0, 0.05) is 12.5 Å². The molecule has 21 heavy (non-hydrogen) atoms. The van der Waals surface area contributed by atoms with Crippen LogP contribution in [0.4, 0.5) is 0 Å². The molecule has 1 atom stereocenters. The first-order valence-electron chi connectivity index (χ1n) is 6.74. The SMILES string of the molecule is Cc1nc(-c2ccc(B3OC(C)(C)C(C)(I)O3)cc2)no1. The first kappa shape index (κ1) is 15.0. The van der Waals surface area contributed by atoms with Gasteiger partial charge in [0.15, 0.2) is 0 Å². The molecule has 0 radical (unpaired) electrons. The van der Waals surface area contributed by atoms with Crippen LogP contribution in [-0.2, 0) is 9.31 Å². The van der Waals surface area contributed by atoms with Crippen molar-refractivity contribution >= 4 is 35.2 Å². The largest absolute Gasteiger partial charge is 0.495 e. The van der Waals surface area contributed by atoms with Crippen molar-refractivity contribution in [2.45, 2.75) is 36.9 Å². The van der Waals surface area contributed by atoms with Crippen LogP contribution >= 0.6 is 22.6 Å². The predicted molar refractivity (Wildman–Crippen MR) is 88.5 cm³/mol. The van der Waals surface area contributed by atoms with Crippen molar-refractivity contribution in [3.05, 3.63) is 30.2 Å². The monoisotopic (exact) mass is 398 g/mol. The second-order valence-corrected chi connectivity index (χ2v) is 7.81. The first-order chi connectivity index (χ1) is 9.78. The van der Waals surface area contributed by atoms with E-state index in [9.17, 15) is 0 Å². The van der Waals surface area contributed by atoms with E-state index >= 15 is 0 Å². The zero-order valence-electron chi connectivity index (χ0n) is 12.4. The first-order valence-corrected chi connectivity index (χ1v) is 7.81. The van der Waals surface area contributed by atoms with Crippen LogP contribution in [0.2, 0.25) is 0 Å². The highest BCUT2D eigenvalue weighted by Crippen LogP contribution is 2.42. The fraction of sp³-hybridized carbons (Fsp3) is 0.429. The maximum absolute atomic E-state index is 6.02. The highest BCUT2D eigenvalue weighted by molar-refractivity contribution is 14.1. The molecule has 1 aromatic heterocycles. The molecule has 110 valence electrons. The molecule has 3 rings (SSSR count). The van der Waals surface area contributed by atoms with E-state index in [4.69, 9.17) is 13.8 Å². The fourth-order valence-corrected chi connectivity index (χ4v) is 2.44. The zero-order chi connectivity index (χ0) is 15.3. The summed E-state index contributed by atoms with van der Waals surface area (Å²) in [6.07, 6.45) is 0. The van der Waals surface area contributed by atoms with Gasteiger partial charge in [0.1, 0.15) is 3.61 Å². The van der Waals surface area contributed by atoms with Crippen LogP contribution in [0.5, 0.6) is 0 Å². The topological polar surface area (TPSA) is 57.4 Å². The Morgan fingerprint density at radius 2 is 1.76 bits per heavy atom. The Kier molecular flexibility index (Phi) is 3.62. The van der Waals surface area contributed by atoms with E-state index < -0.39 is 0 Å². The number of rotatable bonds is 2. The molecule has 0 N–H and O–H groups in total. The van der Waals surface area contributed by atoms with Crippen LogP contribution in [0.25, 0.3) is 11.4 Å². The van der Waals surface area contributed by atoms with Crippen LogP contribution in [0.1, 0.15) is 26.7 Å². The summed E-state index contributed by atoms with van der Waals surface area (Å²) >= 11 is 2.29. The Morgan fingerprint density at radius 1 is 1.10 bits per heavy atom. The van der Waals surface area contributed by atoms with Gasteiger partial charge in [-0.05, 0) is 48.8 Å². The number of hydrogen-bond acceptors (Lipinski definition) is 5. The van der Waals surface area contributed by atoms with Gasteiger partial charge in [0.05, 0.1) is 5.60 Å². The van der Waals surface area contributed by atoms with Crippen molar-refractivity contribution in [1.29, 1.82) is 0 Å². The van der Waals surface area contributed by atoms with Gasteiger partial charge in [-0.3, -0.25) is 0 Å². The minimum absolute atomic E-state index is 0.346. The van der Waals surface area contributed by atoms with Gasteiger partial charge in [-0.2, -0.15) is 4.98 Å². The molecule has 1 aliphatic heterocycles. The summed E-state index contributed by atoms with van der Waals surface area (Å²) < 4.78 is 16.7. The molecule has 0 aliphatic carbocycles. The number of benzene rings is 1. The summed E-state index contributed by atoms with van der Waals surface area (Å²) in [6.45, 7) is 7.88. The summed E-state index contributed by atoms with van der Waals surface area (Å²) in [6, 6.07) is 7.84. The molecular formula is C14H16BIN2O3. The highest BCUT2D eigenvalue weighted by Gasteiger charge is 2.53. The predicted octanol–water partition coefficient (Wildman–Crippen LogP) is 2.72. The van der Waals surface area contributed by atoms with Crippen molar-refractivity contribution in [2.75, 3.05) is 0 Å². The number of aromatic nitrogens is 2. The molecule has 1 saturated heterocycles. The van der Waals surface area contributed by atoms with E-state index in [2.05, 4.69) is 32.7 Å². The number of nitrogens with zero attached hydrogens (tertiary/aromatic N) is 2. The van der Waals surface area contributed by atoms with Crippen LogP contribution in [-0.4, -0.2) is 26.5 Å². The smallest absolute Gasteiger partial charge is 0.398 e. The third-order valence-corrected chi connectivity index (χ3v) is 5.33. The second-order valence-electron chi connectivity index (χ2n) is 5.75. The molecule has 1 aromatic carbocycles. The van der Waals surface area contributed by atoms with Crippen molar-refractivity contribution in [1.82, 2.24) is 10.1 Å². The molecule has 5 nitrogen and oxygen atoms in total. The van der Waals surface area contributed by atoms with Gasteiger partial charge in [0.2, 0.25) is 11.7 Å². The molecule has 1 unspecified atom stereocenters. The Morgan fingerprint density at radius 3 is 2.24 bits per heavy atom. The van der Waals surface area contributed by atoms with Crippen molar-refractivity contribution in [2.24, 2.45) is 0 Å². The van der Waals surface area contributed by atoms with Crippen LogP contribution in [0.15, 0.2) is 28.8 Å². The highest BCUT2D eigenvalue weighted by atomic mass is 127. The summed E-state index contributed by atoms with van der Waals surface area (Å²) in [5, 5.41) is 3.91. The van der Waals surface area contributed by atoms with Gasteiger partial charge >= 0.3 is 7.12 Å². The maximum Gasteiger partial charge on any atom is 0.495 e. The van der Waals surface area contributed by atoms with Gasteiger partial charge in [-0.1, -0.05) is 29.4 Å². The Balaban J connectivity index is 1.83. The molecule has 0 saturated carbocycles. The van der Waals surface area contributed by atoms with Gasteiger partial charge in [-0.25, -0.2) is 0 Å². The molecule has 0 spiro atoms. The van der Waals surface area contributed by atoms with E-state index in [1.165, 1.54) is 0 Å². The minimum Gasteiger partial charge on any atom is -0.398 e. The molecule has 0 bridgehead atoms. The summed E-state index contributed by atoms with van der Waals surface area (Å²) in [7, 11) is -0.358. The molecule has 1 fully saturated rings. The third kappa shape index (κ3) is 2.74. The van der Waals surface area contributed by atoms with E-state index in [1.54, 1.807) is 6.92 Å². The standard InChI is InChI=1S/C14H16BIN2O3/c1-9-17-12(18-19-9)10-5-7-11(8-6-10)15-20-13(2,3)14(4,16)21-15/h5-8H,1-4H3. The number of aryl methyl sites for hydroxylation is 1. The van der Waals surface area contributed by atoms with E-state index in [0.717, 1.165) is 11.0 Å². The van der Waals surface area contributed by atoms with Crippen molar-refractivity contribution in [3.8, 4) is 11.4 Å². The lowest BCUT2D eigenvalue weighted by molar-refractivity contribution is 0.0726. The molecule has 2 aromatic rings. The maximum atomic E-state index is 6.02. The summed E-state index contributed by atoms with van der Waals surface area (Å²) in [5.41, 5.74) is 1.54. The molecule has 7 heteroatoms. The number of alkyl halides is 1. The fourth-order valence-electron chi connectivity index (χ4n) is 2.08. The number of halogens is 1. The average Bonchev–Trinajstić information content (AvgIpc) is 2.92. The lowest BCUT2D eigenvalue weighted by Crippen LogP contribution is -2.38. The van der Waals surface area contributed by atoms with Crippen molar-refractivity contribution < 1.29 is 13.8 Å². The van der Waals surface area contributed by atoms with E-state index in [-0.39, 0.29) is 16.3 Å². The molecular weight excluding hydrogens is 382 g/mol. The summed E-state index contributed by atoms with van der Waals surface area (Å²) in [5.74, 6) is 1.14. The Labute approximate surface area is 137 Å². The molecule has 0 amide bonds. The minimum atomic E-state index is -0.362. The average molecular weight is 398 g/mol. The Bertz CT molecular complexity index is 638. The van der Waals surface area contributed by atoms with Crippen LogP contribution in [0.3, 0.4) is 0 Å². The summed E-state index contributed by atoms with van der Waals surface area (Å²) in [4.78, 5) is 4.21. The van der Waals surface area contributed by atoms with E-state index in [1.807, 2.05) is 45.0 Å². The zero-order valence-corrected chi connectivity index (χ0v) is 14.5. The normalized spacial score (nSPS) is 24.5. The van der Waals surface area contributed by atoms with Gasteiger partial charge < -0.3 is 13.8 Å². The van der Waals surface area contributed by atoms with Crippen LogP contribution in [0, 0.1) is 6.92 Å². The van der Waals surface area contributed by atoms with Crippen molar-refractivity contribution in [3.63, 3.8) is 0 Å². The quantitative estimate of drug-likeness (QED) is 0.443. The Hall–Kier alpha value is -0.925. The molecule has 1 aliphatic rings.